The molecule has 1 fully saturated rings. The summed E-state index contributed by atoms with van der Waals surface area (Å²) in [5.41, 5.74) is 5.56. The van der Waals surface area contributed by atoms with E-state index < -0.39 is 16.1 Å². The Hall–Kier alpha value is -2.59. The molecule has 164 valence electrons. The van der Waals surface area contributed by atoms with Crippen LogP contribution in [0.5, 0.6) is 5.88 Å². The SMILES string of the molecule is O=C(Nc1c2c(cc3c1CC3)CC2)NS(=O)(=O)c1cnn2c1OCC(N1CCCC1)C2. The van der Waals surface area contributed by atoms with Crippen LogP contribution in [0.4, 0.5) is 10.5 Å². The molecule has 1 unspecified atom stereocenters. The van der Waals surface area contributed by atoms with Gasteiger partial charge in [0.05, 0.1) is 18.8 Å². The summed E-state index contributed by atoms with van der Waals surface area (Å²) < 4.78 is 35.4. The number of carbonyl (C=O) groups excluding carboxylic acids is 1. The van der Waals surface area contributed by atoms with Gasteiger partial charge in [-0.15, -0.1) is 0 Å². The van der Waals surface area contributed by atoms with Gasteiger partial charge in [-0.1, -0.05) is 6.07 Å². The monoisotopic (exact) mass is 443 g/mol. The van der Waals surface area contributed by atoms with Crippen molar-refractivity contribution in [3.05, 3.63) is 34.5 Å². The number of hydrogen-bond acceptors (Lipinski definition) is 6. The topological polar surface area (TPSA) is 106 Å². The van der Waals surface area contributed by atoms with Gasteiger partial charge in [-0.2, -0.15) is 5.10 Å². The van der Waals surface area contributed by atoms with Crippen LogP contribution in [0.1, 0.15) is 35.1 Å². The summed E-state index contributed by atoms with van der Waals surface area (Å²) in [7, 11) is -4.11. The first-order valence-electron chi connectivity index (χ1n) is 10.9. The number of carbonyl (C=O) groups is 1. The normalized spacial score (nSPS) is 21.7. The van der Waals surface area contributed by atoms with E-state index in [0.29, 0.717) is 13.2 Å². The molecule has 1 atom stereocenters. The lowest BCUT2D eigenvalue weighted by molar-refractivity contribution is 0.0993. The Morgan fingerprint density at radius 3 is 2.45 bits per heavy atom. The van der Waals surface area contributed by atoms with Crippen molar-refractivity contribution in [2.24, 2.45) is 0 Å². The number of anilines is 1. The molecule has 2 aromatic rings. The summed E-state index contributed by atoms with van der Waals surface area (Å²) in [5.74, 6) is 0.198. The summed E-state index contributed by atoms with van der Waals surface area (Å²) in [6, 6.07) is 1.65. The van der Waals surface area contributed by atoms with Crippen molar-refractivity contribution < 1.29 is 17.9 Å². The Bertz CT molecular complexity index is 1150. The maximum absolute atomic E-state index is 12.9. The molecule has 9 nitrogen and oxygen atoms in total. The lowest BCUT2D eigenvalue weighted by Gasteiger charge is -2.32. The maximum Gasteiger partial charge on any atom is 0.333 e. The van der Waals surface area contributed by atoms with Crippen LogP contribution in [0.25, 0.3) is 0 Å². The number of urea groups is 1. The van der Waals surface area contributed by atoms with Gasteiger partial charge in [0.1, 0.15) is 6.61 Å². The zero-order valence-corrected chi connectivity index (χ0v) is 18.0. The fraction of sp³-hybridized carbons (Fsp3) is 0.524. The van der Waals surface area contributed by atoms with Gasteiger partial charge in [-0.25, -0.2) is 22.6 Å². The van der Waals surface area contributed by atoms with E-state index in [1.807, 2.05) is 0 Å². The van der Waals surface area contributed by atoms with Crippen molar-refractivity contribution in [3.63, 3.8) is 0 Å². The quantitative estimate of drug-likeness (QED) is 0.741. The molecule has 31 heavy (non-hydrogen) atoms. The van der Waals surface area contributed by atoms with Crippen LogP contribution in [-0.2, 0) is 42.3 Å². The average Bonchev–Trinajstić information content (AvgIpc) is 3.34. The molecule has 0 radical (unpaired) electrons. The third-order valence-electron chi connectivity index (χ3n) is 6.98. The summed E-state index contributed by atoms with van der Waals surface area (Å²) in [6.07, 6.45) is 7.45. The van der Waals surface area contributed by atoms with Crippen LogP contribution in [0, 0.1) is 0 Å². The molecule has 2 N–H and O–H groups in total. The molecule has 2 aliphatic carbocycles. The second kappa shape index (κ2) is 6.96. The van der Waals surface area contributed by atoms with Crippen LogP contribution >= 0.6 is 0 Å². The highest BCUT2D eigenvalue weighted by Crippen LogP contribution is 2.40. The Kier molecular flexibility index (Phi) is 4.29. The van der Waals surface area contributed by atoms with Gasteiger partial charge in [0, 0.05) is 5.69 Å². The third-order valence-corrected chi connectivity index (χ3v) is 8.30. The molecule has 2 aliphatic heterocycles. The van der Waals surface area contributed by atoms with E-state index in [-0.39, 0.29) is 16.8 Å². The number of likely N-dealkylation sites (tertiary alicyclic amines) is 1. The first-order chi connectivity index (χ1) is 15.0. The smallest absolute Gasteiger partial charge is 0.333 e. The Morgan fingerprint density at radius 2 is 1.81 bits per heavy atom. The Morgan fingerprint density at radius 1 is 1.10 bits per heavy atom. The second-order valence-electron chi connectivity index (χ2n) is 8.79. The van der Waals surface area contributed by atoms with E-state index in [0.717, 1.165) is 55.6 Å². The highest BCUT2D eigenvalue weighted by atomic mass is 32.2. The molecule has 6 rings (SSSR count). The average molecular weight is 444 g/mol. The predicted molar refractivity (Wildman–Crippen MR) is 113 cm³/mol. The highest BCUT2D eigenvalue weighted by Gasteiger charge is 2.34. The minimum Gasteiger partial charge on any atom is -0.475 e. The summed E-state index contributed by atoms with van der Waals surface area (Å²) in [6.45, 7) is 3.07. The number of ether oxygens (including phenoxy) is 1. The lowest BCUT2D eigenvalue weighted by Crippen LogP contribution is -2.44. The highest BCUT2D eigenvalue weighted by molar-refractivity contribution is 7.90. The van der Waals surface area contributed by atoms with Gasteiger partial charge in [-0.05, 0) is 73.9 Å². The van der Waals surface area contributed by atoms with Gasteiger partial charge in [0.2, 0.25) is 5.88 Å². The van der Waals surface area contributed by atoms with Gasteiger partial charge >= 0.3 is 6.03 Å². The number of sulfonamides is 1. The number of hydrogen-bond donors (Lipinski definition) is 2. The first kappa shape index (κ1) is 19.1. The van der Waals surface area contributed by atoms with Crippen LogP contribution in [0.3, 0.4) is 0 Å². The Balaban J connectivity index is 1.19. The van der Waals surface area contributed by atoms with Crippen molar-refractivity contribution >= 4 is 21.7 Å². The number of fused-ring (bicyclic) bond motifs is 3. The molecule has 2 amide bonds. The number of rotatable bonds is 4. The van der Waals surface area contributed by atoms with Crippen molar-refractivity contribution in [1.29, 1.82) is 0 Å². The standard InChI is InChI=1S/C21H25N5O4S/c27-21(23-19-16-5-3-13(16)9-14-4-6-17(14)19)24-31(28,29)18-10-22-26-11-15(12-30-20(18)26)25-7-1-2-8-25/h9-10,15H,1-8,11-12H2,(H2,23,24,27). The zero-order chi connectivity index (χ0) is 21.2. The minimum atomic E-state index is -4.11. The van der Waals surface area contributed by atoms with Crippen LogP contribution in [0.15, 0.2) is 17.2 Å². The van der Waals surface area contributed by atoms with Crippen molar-refractivity contribution in [1.82, 2.24) is 19.4 Å². The van der Waals surface area contributed by atoms with E-state index in [4.69, 9.17) is 4.74 Å². The van der Waals surface area contributed by atoms with Gasteiger partial charge < -0.3 is 10.1 Å². The lowest BCUT2D eigenvalue weighted by atomic mass is 9.76. The molecule has 4 aliphatic rings. The number of nitrogens with one attached hydrogen (secondary N) is 2. The van der Waals surface area contributed by atoms with Crippen LogP contribution in [-0.4, -0.2) is 54.9 Å². The fourth-order valence-corrected chi connectivity index (χ4v) is 6.10. The summed E-state index contributed by atoms with van der Waals surface area (Å²) in [4.78, 5) is 14.9. The minimum absolute atomic E-state index is 0.100. The number of benzene rings is 1. The van der Waals surface area contributed by atoms with E-state index in [1.54, 1.807) is 4.68 Å². The molecule has 1 aromatic heterocycles. The first-order valence-corrected chi connectivity index (χ1v) is 12.4. The summed E-state index contributed by atoms with van der Waals surface area (Å²) >= 11 is 0. The number of aryl methyl sites for hydroxylation is 2. The van der Waals surface area contributed by atoms with E-state index in [9.17, 15) is 13.2 Å². The van der Waals surface area contributed by atoms with Crippen molar-refractivity contribution in [2.45, 2.75) is 56.0 Å². The number of aromatic nitrogens is 2. The summed E-state index contributed by atoms with van der Waals surface area (Å²) in [5, 5.41) is 7.02. The molecule has 10 heteroatoms. The van der Waals surface area contributed by atoms with Crippen molar-refractivity contribution in [3.8, 4) is 5.88 Å². The molecule has 1 aromatic carbocycles. The molecule has 3 heterocycles. The molecule has 0 spiro atoms. The van der Waals surface area contributed by atoms with Crippen LogP contribution in [0.2, 0.25) is 0 Å². The predicted octanol–water partition coefficient (Wildman–Crippen LogP) is 1.45. The van der Waals surface area contributed by atoms with E-state index >= 15 is 0 Å². The number of nitrogens with zero attached hydrogens (tertiary/aromatic N) is 3. The largest absolute Gasteiger partial charge is 0.475 e. The molecular weight excluding hydrogens is 418 g/mol. The third kappa shape index (κ3) is 3.11. The second-order valence-corrected chi connectivity index (χ2v) is 10.4. The molecule has 1 saturated heterocycles. The number of amides is 2. The molecular formula is C21H25N5O4S. The van der Waals surface area contributed by atoms with Gasteiger partial charge in [0.15, 0.2) is 4.90 Å². The molecule has 0 bridgehead atoms. The van der Waals surface area contributed by atoms with E-state index in [1.165, 1.54) is 30.2 Å². The zero-order valence-electron chi connectivity index (χ0n) is 17.2. The van der Waals surface area contributed by atoms with Gasteiger partial charge in [-0.3, -0.25) is 4.90 Å². The Labute approximate surface area is 180 Å². The maximum atomic E-state index is 12.9. The molecule has 0 saturated carbocycles. The van der Waals surface area contributed by atoms with Gasteiger partial charge in [0.25, 0.3) is 10.0 Å². The van der Waals surface area contributed by atoms with Crippen LogP contribution < -0.4 is 14.8 Å². The van der Waals surface area contributed by atoms with Crippen molar-refractivity contribution in [2.75, 3.05) is 25.0 Å². The van der Waals surface area contributed by atoms with E-state index in [2.05, 4.69) is 26.1 Å². The fourth-order valence-electron chi connectivity index (χ4n) is 5.11.